The number of benzene rings is 1. The number of nitrogens with one attached hydrogen (secondary N) is 1. The largest absolute Gasteiger partial charge is 0.396 e. The molecular weight excluding hydrogens is 250 g/mol. The summed E-state index contributed by atoms with van der Waals surface area (Å²) in [6, 6.07) is 6.89. The second kappa shape index (κ2) is 6.76. The number of amides is 1. The normalized spacial score (nSPS) is 11.3. The highest BCUT2D eigenvalue weighted by Gasteiger charge is 2.18. The lowest BCUT2D eigenvalue weighted by molar-refractivity contribution is 0.0933. The van der Waals surface area contributed by atoms with Gasteiger partial charge in [0, 0.05) is 23.7 Å². The molecule has 100 valence electrons. The summed E-state index contributed by atoms with van der Waals surface area (Å²) in [6.45, 7) is 4.91. The molecule has 1 rings (SSSR count). The first-order chi connectivity index (χ1) is 8.44. The fourth-order valence-electron chi connectivity index (χ4n) is 1.70. The first kappa shape index (κ1) is 15.0. The quantitative estimate of drug-likeness (QED) is 0.834. The molecule has 18 heavy (non-hydrogen) atoms. The molecule has 0 heterocycles. The third-order valence-electron chi connectivity index (χ3n) is 2.83. The number of hydrogen-bond donors (Lipinski definition) is 2. The molecule has 1 aromatic carbocycles. The Morgan fingerprint density at radius 3 is 2.78 bits per heavy atom. The van der Waals surface area contributed by atoms with Gasteiger partial charge in [0.1, 0.15) is 0 Å². The molecule has 0 aliphatic carbocycles. The number of aliphatic hydroxyl groups is 1. The second-order valence-corrected chi connectivity index (χ2v) is 5.62. The highest BCUT2D eigenvalue weighted by molar-refractivity contribution is 6.30. The van der Waals surface area contributed by atoms with E-state index in [1.54, 1.807) is 24.3 Å². The molecule has 2 N–H and O–H groups in total. The van der Waals surface area contributed by atoms with Gasteiger partial charge in [-0.2, -0.15) is 0 Å². The monoisotopic (exact) mass is 269 g/mol. The van der Waals surface area contributed by atoms with E-state index in [0.717, 1.165) is 12.8 Å². The van der Waals surface area contributed by atoms with Crippen molar-refractivity contribution in [3.05, 3.63) is 34.9 Å². The van der Waals surface area contributed by atoms with Crippen LogP contribution < -0.4 is 5.32 Å². The van der Waals surface area contributed by atoms with Crippen LogP contribution >= 0.6 is 11.6 Å². The van der Waals surface area contributed by atoms with Crippen molar-refractivity contribution < 1.29 is 9.90 Å². The Bertz CT molecular complexity index is 405. The summed E-state index contributed by atoms with van der Waals surface area (Å²) in [5.41, 5.74) is 0.553. The fraction of sp³-hybridized carbons (Fsp3) is 0.500. The third-order valence-corrected chi connectivity index (χ3v) is 3.06. The summed E-state index contributed by atoms with van der Waals surface area (Å²) >= 11 is 5.84. The minimum atomic E-state index is -0.116. The molecule has 0 spiro atoms. The molecule has 0 bridgehead atoms. The zero-order chi connectivity index (χ0) is 13.6. The first-order valence-corrected chi connectivity index (χ1v) is 6.47. The molecule has 0 aliphatic heterocycles. The average molecular weight is 270 g/mol. The minimum absolute atomic E-state index is 0.0169. The summed E-state index contributed by atoms with van der Waals surface area (Å²) in [5, 5.41) is 12.3. The van der Waals surface area contributed by atoms with Crippen LogP contribution in [0.3, 0.4) is 0 Å². The molecule has 0 saturated heterocycles. The Hall–Kier alpha value is -1.06. The van der Waals surface area contributed by atoms with Crippen LogP contribution in [0.4, 0.5) is 0 Å². The van der Waals surface area contributed by atoms with Crippen LogP contribution in [0.15, 0.2) is 24.3 Å². The average Bonchev–Trinajstić information content (AvgIpc) is 2.34. The second-order valence-electron chi connectivity index (χ2n) is 5.18. The number of carbonyl (C=O) groups is 1. The van der Waals surface area contributed by atoms with Crippen molar-refractivity contribution in [3.8, 4) is 0 Å². The van der Waals surface area contributed by atoms with Crippen molar-refractivity contribution >= 4 is 17.5 Å². The highest BCUT2D eigenvalue weighted by Crippen LogP contribution is 2.21. The summed E-state index contributed by atoms with van der Waals surface area (Å²) in [6.07, 6.45) is 1.62. The van der Waals surface area contributed by atoms with E-state index in [4.69, 9.17) is 16.7 Å². The molecule has 0 saturated carbocycles. The van der Waals surface area contributed by atoms with Crippen molar-refractivity contribution in [3.63, 3.8) is 0 Å². The number of hydrogen-bond acceptors (Lipinski definition) is 2. The third kappa shape index (κ3) is 5.07. The first-order valence-electron chi connectivity index (χ1n) is 6.09. The minimum Gasteiger partial charge on any atom is -0.396 e. The van der Waals surface area contributed by atoms with Crippen LogP contribution in [0.25, 0.3) is 0 Å². The topological polar surface area (TPSA) is 49.3 Å². The van der Waals surface area contributed by atoms with E-state index < -0.39 is 0 Å². The van der Waals surface area contributed by atoms with E-state index in [1.165, 1.54) is 0 Å². The van der Waals surface area contributed by atoms with E-state index >= 15 is 0 Å². The molecule has 0 atom stereocenters. The van der Waals surface area contributed by atoms with Gasteiger partial charge in [0.05, 0.1) is 0 Å². The van der Waals surface area contributed by atoms with Gasteiger partial charge in [0.2, 0.25) is 0 Å². The number of rotatable bonds is 6. The molecule has 4 heteroatoms. The number of aliphatic hydroxyl groups excluding tert-OH is 1. The molecule has 3 nitrogen and oxygen atoms in total. The Kier molecular flexibility index (Phi) is 5.63. The predicted molar refractivity (Wildman–Crippen MR) is 73.9 cm³/mol. The van der Waals surface area contributed by atoms with E-state index in [9.17, 15) is 4.79 Å². The molecule has 1 amide bonds. The summed E-state index contributed by atoms with van der Waals surface area (Å²) in [4.78, 5) is 11.9. The van der Waals surface area contributed by atoms with E-state index in [0.29, 0.717) is 17.1 Å². The van der Waals surface area contributed by atoms with Gasteiger partial charge in [0.15, 0.2) is 0 Å². The smallest absolute Gasteiger partial charge is 0.251 e. The maximum atomic E-state index is 11.9. The van der Waals surface area contributed by atoms with Gasteiger partial charge in [-0.3, -0.25) is 4.79 Å². The van der Waals surface area contributed by atoms with Crippen molar-refractivity contribution in [2.45, 2.75) is 26.7 Å². The van der Waals surface area contributed by atoms with Gasteiger partial charge in [-0.25, -0.2) is 0 Å². The zero-order valence-corrected chi connectivity index (χ0v) is 11.6. The Morgan fingerprint density at radius 2 is 2.17 bits per heavy atom. The van der Waals surface area contributed by atoms with Crippen molar-refractivity contribution in [1.29, 1.82) is 0 Å². The van der Waals surface area contributed by atoms with Gasteiger partial charge in [-0.15, -0.1) is 0 Å². The SMILES string of the molecule is CC(C)(CCCO)CNC(=O)c1cccc(Cl)c1. The van der Waals surface area contributed by atoms with Crippen LogP contribution in [-0.2, 0) is 0 Å². The molecular formula is C14H20ClNO2. The highest BCUT2D eigenvalue weighted by atomic mass is 35.5. The van der Waals surface area contributed by atoms with Crippen molar-refractivity contribution in [1.82, 2.24) is 5.32 Å². The summed E-state index contributed by atoms with van der Waals surface area (Å²) in [7, 11) is 0. The predicted octanol–water partition coefficient (Wildman–Crippen LogP) is 2.87. The Morgan fingerprint density at radius 1 is 1.44 bits per heavy atom. The van der Waals surface area contributed by atoms with Gasteiger partial charge in [-0.1, -0.05) is 31.5 Å². The fourth-order valence-corrected chi connectivity index (χ4v) is 1.89. The van der Waals surface area contributed by atoms with Crippen LogP contribution in [0.2, 0.25) is 5.02 Å². The lowest BCUT2D eigenvalue weighted by atomic mass is 9.88. The summed E-state index contributed by atoms with van der Waals surface area (Å²) in [5.74, 6) is -0.116. The van der Waals surface area contributed by atoms with Gasteiger partial charge in [0.25, 0.3) is 5.91 Å². The molecule has 0 aliphatic rings. The Labute approximate surface area is 113 Å². The van der Waals surface area contributed by atoms with E-state index in [1.807, 2.05) is 0 Å². The van der Waals surface area contributed by atoms with E-state index in [-0.39, 0.29) is 17.9 Å². The van der Waals surface area contributed by atoms with Crippen molar-refractivity contribution in [2.75, 3.05) is 13.2 Å². The zero-order valence-electron chi connectivity index (χ0n) is 10.9. The van der Waals surface area contributed by atoms with Crippen LogP contribution in [-0.4, -0.2) is 24.2 Å². The van der Waals surface area contributed by atoms with Crippen LogP contribution in [0.1, 0.15) is 37.0 Å². The van der Waals surface area contributed by atoms with Gasteiger partial charge in [-0.05, 0) is 36.5 Å². The van der Waals surface area contributed by atoms with E-state index in [2.05, 4.69) is 19.2 Å². The summed E-state index contributed by atoms with van der Waals surface area (Å²) < 4.78 is 0. The van der Waals surface area contributed by atoms with Crippen LogP contribution in [0.5, 0.6) is 0 Å². The lowest BCUT2D eigenvalue weighted by Gasteiger charge is -2.24. The van der Waals surface area contributed by atoms with Gasteiger partial charge < -0.3 is 10.4 Å². The lowest BCUT2D eigenvalue weighted by Crippen LogP contribution is -2.34. The molecule has 1 aromatic rings. The van der Waals surface area contributed by atoms with Crippen molar-refractivity contribution in [2.24, 2.45) is 5.41 Å². The standard InChI is InChI=1S/C14H20ClNO2/c1-14(2,7-4-8-17)10-16-13(18)11-5-3-6-12(15)9-11/h3,5-6,9,17H,4,7-8,10H2,1-2H3,(H,16,18). The maximum Gasteiger partial charge on any atom is 0.251 e. The van der Waals surface area contributed by atoms with Gasteiger partial charge >= 0.3 is 0 Å². The number of carbonyl (C=O) groups excluding carboxylic acids is 1. The molecule has 0 radical (unpaired) electrons. The molecule has 0 fully saturated rings. The number of halogens is 1. The maximum absolute atomic E-state index is 11.9. The molecule has 0 unspecified atom stereocenters. The molecule has 0 aromatic heterocycles. The van der Waals surface area contributed by atoms with Crippen LogP contribution in [0, 0.1) is 5.41 Å². The Balaban J connectivity index is 2.50.